The Labute approximate surface area is 121 Å². The summed E-state index contributed by atoms with van der Waals surface area (Å²) in [5, 5.41) is 0. The molecule has 1 aromatic carbocycles. The standard InChI is InChI=1S/C18H25NO/c19-17-3-1-13(2-4-17)11-20-12-18-8-14-5-15(9-18)7-16(6-14)10-18/h1-4,14-16H,5-12,19H2. The maximum atomic E-state index is 6.10. The molecule has 0 spiro atoms. The van der Waals surface area contributed by atoms with E-state index in [0.717, 1.165) is 36.7 Å². The lowest BCUT2D eigenvalue weighted by Gasteiger charge is -2.56. The van der Waals surface area contributed by atoms with E-state index in [-0.39, 0.29) is 0 Å². The highest BCUT2D eigenvalue weighted by molar-refractivity contribution is 5.39. The quantitative estimate of drug-likeness (QED) is 0.840. The number of benzene rings is 1. The lowest BCUT2D eigenvalue weighted by molar-refractivity contribution is -0.0994. The molecule has 20 heavy (non-hydrogen) atoms. The summed E-state index contributed by atoms with van der Waals surface area (Å²) >= 11 is 0. The number of hydrogen-bond acceptors (Lipinski definition) is 2. The minimum Gasteiger partial charge on any atom is -0.399 e. The summed E-state index contributed by atoms with van der Waals surface area (Å²) in [4.78, 5) is 0. The van der Waals surface area contributed by atoms with Crippen LogP contribution in [0.1, 0.15) is 44.1 Å². The summed E-state index contributed by atoms with van der Waals surface area (Å²) in [6, 6.07) is 8.08. The van der Waals surface area contributed by atoms with E-state index in [1.165, 1.54) is 44.1 Å². The molecule has 4 bridgehead atoms. The number of ether oxygens (including phenoxy) is 1. The van der Waals surface area contributed by atoms with Crippen LogP contribution in [-0.2, 0) is 11.3 Å². The van der Waals surface area contributed by atoms with Crippen molar-refractivity contribution in [1.29, 1.82) is 0 Å². The first kappa shape index (κ1) is 12.7. The van der Waals surface area contributed by atoms with Crippen LogP contribution < -0.4 is 5.73 Å². The molecule has 2 N–H and O–H groups in total. The molecule has 2 heteroatoms. The Kier molecular flexibility index (Phi) is 3.03. The minimum absolute atomic E-state index is 0.530. The highest BCUT2D eigenvalue weighted by Gasteiger charge is 2.50. The van der Waals surface area contributed by atoms with Gasteiger partial charge < -0.3 is 10.5 Å². The van der Waals surface area contributed by atoms with Gasteiger partial charge in [0.05, 0.1) is 13.2 Å². The largest absolute Gasteiger partial charge is 0.399 e. The molecule has 0 heterocycles. The van der Waals surface area contributed by atoms with Crippen molar-refractivity contribution in [2.24, 2.45) is 23.2 Å². The molecule has 0 aliphatic heterocycles. The van der Waals surface area contributed by atoms with Gasteiger partial charge in [0.1, 0.15) is 0 Å². The molecule has 0 radical (unpaired) electrons. The topological polar surface area (TPSA) is 35.2 Å². The molecule has 0 atom stereocenters. The van der Waals surface area contributed by atoms with E-state index >= 15 is 0 Å². The van der Waals surface area contributed by atoms with Crippen LogP contribution in [0.4, 0.5) is 5.69 Å². The number of anilines is 1. The molecule has 5 rings (SSSR count). The second-order valence-electron chi connectivity index (χ2n) is 7.65. The average molecular weight is 271 g/mol. The fraction of sp³-hybridized carbons (Fsp3) is 0.667. The average Bonchev–Trinajstić information content (AvgIpc) is 2.39. The van der Waals surface area contributed by atoms with Crippen LogP contribution in [-0.4, -0.2) is 6.61 Å². The Morgan fingerprint density at radius 2 is 1.50 bits per heavy atom. The van der Waals surface area contributed by atoms with Gasteiger partial charge in [0.15, 0.2) is 0 Å². The molecule has 4 saturated carbocycles. The zero-order chi connectivity index (χ0) is 13.6. The summed E-state index contributed by atoms with van der Waals surface area (Å²) < 4.78 is 6.10. The molecule has 4 aliphatic rings. The maximum Gasteiger partial charge on any atom is 0.0717 e. The fourth-order valence-corrected chi connectivity index (χ4v) is 5.47. The maximum absolute atomic E-state index is 6.10. The first-order valence-corrected chi connectivity index (χ1v) is 8.13. The zero-order valence-electron chi connectivity index (χ0n) is 12.2. The van der Waals surface area contributed by atoms with Gasteiger partial charge in [-0.25, -0.2) is 0 Å². The van der Waals surface area contributed by atoms with Crippen molar-refractivity contribution in [2.75, 3.05) is 12.3 Å². The molecular weight excluding hydrogens is 246 g/mol. The molecule has 108 valence electrons. The van der Waals surface area contributed by atoms with Gasteiger partial charge in [-0.15, -0.1) is 0 Å². The van der Waals surface area contributed by atoms with E-state index in [4.69, 9.17) is 10.5 Å². The second-order valence-corrected chi connectivity index (χ2v) is 7.65. The van der Waals surface area contributed by atoms with Crippen molar-refractivity contribution < 1.29 is 4.74 Å². The third-order valence-electron chi connectivity index (χ3n) is 5.82. The number of hydrogen-bond donors (Lipinski definition) is 1. The summed E-state index contributed by atoms with van der Waals surface area (Å²) in [6.07, 6.45) is 8.83. The normalized spacial score (nSPS) is 38.3. The molecule has 0 saturated heterocycles. The molecular formula is C18H25NO. The van der Waals surface area contributed by atoms with Crippen molar-refractivity contribution >= 4 is 5.69 Å². The van der Waals surface area contributed by atoms with E-state index in [2.05, 4.69) is 12.1 Å². The summed E-state index contributed by atoms with van der Waals surface area (Å²) in [5.41, 5.74) is 8.32. The van der Waals surface area contributed by atoms with E-state index < -0.39 is 0 Å². The number of rotatable bonds is 4. The Balaban J connectivity index is 1.36. The van der Waals surface area contributed by atoms with E-state index in [9.17, 15) is 0 Å². The molecule has 4 fully saturated rings. The SMILES string of the molecule is Nc1ccc(COCC23CC4CC(CC(C4)C2)C3)cc1. The first-order valence-electron chi connectivity index (χ1n) is 8.13. The van der Waals surface area contributed by atoms with Gasteiger partial charge in [-0.2, -0.15) is 0 Å². The summed E-state index contributed by atoms with van der Waals surface area (Å²) in [5.74, 6) is 3.05. The van der Waals surface area contributed by atoms with Gasteiger partial charge in [0, 0.05) is 5.69 Å². The lowest BCUT2D eigenvalue weighted by Crippen LogP contribution is -2.48. The number of nitrogens with two attached hydrogens (primary N) is 1. The van der Waals surface area contributed by atoms with Crippen molar-refractivity contribution in [2.45, 2.75) is 45.1 Å². The van der Waals surface area contributed by atoms with Gasteiger partial charge in [0.2, 0.25) is 0 Å². The molecule has 2 nitrogen and oxygen atoms in total. The van der Waals surface area contributed by atoms with Gasteiger partial charge >= 0.3 is 0 Å². The summed E-state index contributed by atoms with van der Waals surface area (Å²) in [7, 11) is 0. The molecule has 4 aliphatic carbocycles. The van der Waals surface area contributed by atoms with Gasteiger partial charge in [-0.1, -0.05) is 12.1 Å². The van der Waals surface area contributed by atoms with E-state index in [1.807, 2.05) is 12.1 Å². The van der Waals surface area contributed by atoms with Crippen LogP contribution in [0.15, 0.2) is 24.3 Å². The zero-order valence-corrected chi connectivity index (χ0v) is 12.2. The van der Waals surface area contributed by atoms with Gasteiger partial charge in [0.25, 0.3) is 0 Å². The van der Waals surface area contributed by atoms with Gasteiger partial charge in [-0.05, 0) is 79.4 Å². The van der Waals surface area contributed by atoms with Crippen molar-refractivity contribution in [3.8, 4) is 0 Å². The highest BCUT2D eigenvalue weighted by atomic mass is 16.5. The van der Waals surface area contributed by atoms with Crippen LogP contribution in [0.5, 0.6) is 0 Å². The first-order chi connectivity index (χ1) is 9.71. The Morgan fingerprint density at radius 3 is 2.05 bits per heavy atom. The Hall–Kier alpha value is -1.02. The van der Waals surface area contributed by atoms with Gasteiger partial charge in [-0.3, -0.25) is 0 Å². The third-order valence-corrected chi connectivity index (χ3v) is 5.82. The summed E-state index contributed by atoms with van der Waals surface area (Å²) in [6.45, 7) is 1.71. The van der Waals surface area contributed by atoms with Crippen LogP contribution in [0.25, 0.3) is 0 Å². The molecule has 1 aromatic rings. The van der Waals surface area contributed by atoms with E-state index in [0.29, 0.717) is 5.41 Å². The fourth-order valence-electron chi connectivity index (χ4n) is 5.47. The lowest BCUT2D eigenvalue weighted by atomic mass is 9.50. The minimum atomic E-state index is 0.530. The predicted octanol–water partition coefficient (Wildman–Crippen LogP) is 4.00. The third kappa shape index (κ3) is 2.35. The van der Waals surface area contributed by atoms with Crippen molar-refractivity contribution in [3.05, 3.63) is 29.8 Å². The van der Waals surface area contributed by atoms with Crippen LogP contribution in [0.3, 0.4) is 0 Å². The molecule has 0 unspecified atom stereocenters. The van der Waals surface area contributed by atoms with Crippen LogP contribution in [0, 0.1) is 23.2 Å². The van der Waals surface area contributed by atoms with Crippen molar-refractivity contribution in [3.63, 3.8) is 0 Å². The second kappa shape index (κ2) is 4.77. The predicted molar refractivity (Wildman–Crippen MR) is 81.1 cm³/mol. The smallest absolute Gasteiger partial charge is 0.0717 e. The Morgan fingerprint density at radius 1 is 0.950 bits per heavy atom. The Bertz CT molecular complexity index is 443. The van der Waals surface area contributed by atoms with E-state index in [1.54, 1.807) is 0 Å². The number of nitrogen functional groups attached to an aromatic ring is 1. The van der Waals surface area contributed by atoms with Crippen LogP contribution >= 0.6 is 0 Å². The van der Waals surface area contributed by atoms with Crippen LogP contribution in [0.2, 0.25) is 0 Å². The molecule has 0 amide bonds. The van der Waals surface area contributed by atoms with Crippen molar-refractivity contribution in [1.82, 2.24) is 0 Å². The highest BCUT2D eigenvalue weighted by Crippen LogP contribution is 2.60. The monoisotopic (exact) mass is 271 g/mol. The molecule has 0 aromatic heterocycles.